The number of piperidine rings is 1. The van der Waals surface area contributed by atoms with Crippen LogP contribution >= 0.6 is 0 Å². The minimum absolute atomic E-state index is 0.0771. The van der Waals surface area contributed by atoms with Gasteiger partial charge in [0.15, 0.2) is 11.6 Å². The van der Waals surface area contributed by atoms with Gasteiger partial charge in [-0.05, 0) is 74.4 Å². The van der Waals surface area contributed by atoms with Gasteiger partial charge >= 0.3 is 0 Å². The predicted molar refractivity (Wildman–Crippen MR) is 136 cm³/mol. The zero-order valence-electron chi connectivity index (χ0n) is 21.0. The maximum absolute atomic E-state index is 13.8. The van der Waals surface area contributed by atoms with Gasteiger partial charge in [0, 0.05) is 49.0 Å². The van der Waals surface area contributed by atoms with Crippen molar-refractivity contribution in [2.75, 3.05) is 45.2 Å². The Morgan fingerprint density at radius 2 is 1.92 bits per heavy atom. The molecule has 2 heterocycles. The molecule has 0 atom stereocenters. The molecule has 1 saturated heterocycles. The number of aromatic nitrogens is 1. The van der Waals surface area contributed by atoms with Crippen LogP contribution in [0.3, 0.4) is 0 Å². The van der Waals surface area contributed by atoms with Gasteiger partial charge in [-0.3, -0.25) is 4.98 Å². The van der Waals surface area contributed by atoms with E-state index in [2.05, 4.69) is 15.2 Å². The van der Waals surface area contributed by atoms with Gasteiger partial charge in [0.25, 0.3) is 0 Å². The third-order valence-corrected chi connectivity index (χ3v) is 7.54. The molecule has 0 unspecified atom stereocenters. The van der Waals surface area contributed by atoms with Crippen LogP contribution in [0.25, 0.3) is 10.9 Å². The van der Waals surface area contributed by atoms with Gasteiger partial charge in [-0.2, -0.15) is 0 Å². The Labute approximate surface area is 214 Å². The van der Waals surface area contributed by atoms with Gasteiger partial charge in [-0.15, -0.1) is 0 Å². The first-order valence-corrected chi connectivity index (χ1v) is 12.6. The zero-order valence-corrected chi connectivity index (χ0v) is 21.0. The molecule has 5 nitrogen and oxygen atoms in total. The lowest BCUT2D eigenvalue weighted by Gasteiger charge is -2.41. The average molecular weight is 520 g/mol. The predicted octanol–water partition coefficient (Wildman–Crippen LogP) is 5.64. The van der Waals surface area contributed by atoms with Crippen LogP contribution in [-0.4, -0.2) is 54.9 Å². The fourth-order valence-electron chi connectivity index (χ4n) is 5.22. The summed E-state index contributed by atoms with van der Waals surface area (Å²) in [4.78, 5) is 6.57. The second-order valence-electron chi connectivity index (χ2n) is 9.81. The lowest BCUT2D eigenvalue weighted by molar-refractivity contribution is 0.0370. The van der Waals surface area contributed by atoms with E-state index in [1.54, 1.807) is 13.3 Å². The minimum atomic E-state index is -1.22. The maximum atomic E-state index is 13.8. The zero-order chi connectivity index (χ0) is 26.4. The summed E-state index contributed by atoms with van der Waals surface area (Å²) in [6.07, 6.45) is 5.48. The molecule has 1 aliphatic heterocycles. The van der Waals surface area contributed by atoms with Crippen molar-refractivity contribution < 1.29 is 27.4 Å². The third kappa shape index (κ3) is 6.33. The molecule has 0 amide bonds. The number of methoxy groups -OCH3 is 1. The highest BCUT2D eigenvalue weighted by atomic mass is 19.2. The fourth-order valence-corrected chi connectivity index (χ4v) is 5.22. The second-order valence-corrected chi connectivity index (χ2v) is 9.81. The number of aliphatic hydroxyl groups excluding tert-OH is 1. The molecule has 9 heteroatoms. The molecular weight excluding hydrogens is 486 g/mol. The first kappa shape index (κ1) is 27.1. The van der Waals surface area contributed by atoms with Gasteiger partial charge in [0.2, 0.25) is 0 Å². The number of aryl methyl sites for hydroxylation is 1. The number of hydrogen-bond acceptors (Lipinski definition) is 5. The van der Waals surface area contributed by atoms with Gasteiger partial charge in [-0.25, -0.2) is 17.6 Å². The van der Waals surface area contributed by atoms with Gasteiger partial charge in [0.05, 0.1) is 18.3 Å². The van der Waals surface area contributed by atoms with E-state index in [1.807, 2.05) is 18.2 Å². The number of nitrogens with zero attached hydrogens (tertiary/aromatic N) is 2. The lowest BCUT2D eigenvalue weighted by atomic mass is 9.75. The van der Waals surface area contributed by atoms with Crippen molar-refractivity contribution in [3.05, 3.63) is 65.1 Å². The standard InChI is InChI=1S/C28H33F4N3O2/c1-37-21-4-5-25-23(15-21)22(19(16-29)17-34-25)3-2-6-28(18-36)7-10-35(11-8-28)12-9-33-26-14-20(30)13-24(31)27(26)32/h4-5,13-15,17,33,36H,2-3,6-12,16,18H2,1H3. The second kappa shape index (κ2) is 12.1. The van der Waals surface area contributed by atoms with Crippen molar-refractivity contribution in [3.63, 3.8) is 0 Å². The number of ether oxygens (including phenoxy) is 1. The summed E-state index contributed by atoms with van der Waals surface area (Å²) < 4.78 is 59.7. The summed E-state index contributed by atoms with van der Waals surface area (Å²) in [5.41, 5.74) is 1.92. The monoisotopic (exact) mass is 519 g/mol. The van der Waals surface area contributed by atoms with E-state index in [1.165, 1.54) is 0 Å². The summed E-state index contributed by atoms with van der Waals surface area (Å²) in [5.74, 6) is -2.43. The minimum Gasteiger partial charge on any atom is -0.497 e. The average Bonchev–Trinajstić information content (AvgIpc) is 2.92. The molecule has 0 aliphatic carbocycles. The number of rotatable bonds is 11. The highest BCUT2D eigenvalue weighted by Gasteiger charge is 2.33. The van der Waals surface area contributed by atoms with Crippen molar-refractivity contribution in [1.29, 1.82) is 0 Å². The molecule has 0 radical (unpaired) electrons. The van der Waals surface area contributed by atoms with E-state index in [4.69, 9.17) is 4.74 Å². The number of aliphatic hydroxyl groups is 1. The highest BCUT2D eigenvalue weighted by molar-refractivity contribution is 5.84. The number of hydrogen-bond donors (Lipinski definition) is 2. The molecule has 0 spiro atoms. The summed E-state index contributed by atoms with van der Waals surface area (Å²) in [7, 11) is 1.60. The smallest absolute Gasteiger partial charge is 0.182 e. The largest absolute Gasteiger partial charge is 0.497 e. The molecule has 1 fully saturated rings. The summed E-state index contributed by atoms with van der Waals surface area (Å²) in [6.45, 7) is 1.94. The number of likely N-dealkylation sites (tertiary alicyclic amines) is 1. The Hall–Kier alpha value is -2.91. The third-order valence-electron chi connectivity index (χ3n) is 7.54. The van der Waals surface area contributed by atoms with Crippen LogP contribution in [-0.2, 0) is 13.1 Å². The Morgan fingerprint density at radius 3 is 2.62 bits per heavy atom. The number of pyridine rings is 1. The van der Waals surface area contributed by atoms with Gasteiger partial charge < -0.3 is 20.1 Å². The van der Waals surface area contributed by atoms with Crippen LogP contribution in [0, 0.1) is 22.9 Å². The number of alkyl halides is 1. The van der Waals surface area contributed by atoms with E-state index in [0.29, 0.717) is 36.9 Å². The Balaban J connectivity index is 1.31. The number of benzene rings is 2. The topological polar surface area (TPSA) is 57.6 Å². The molecule has 2 N–H and O–H groups in total. The normalized spacial score (nSPS) is 15.7. The Bertz CT molecular complexity index is 1210. The number of nitrogens with one attached hydrogen (secondary N) is 1. The molecule has 2 aromatic carbocycles. The quantitative estimate of drug-likeness (QED) is 0.254. The number of anilines is 1. The first-order valence-electron chi connectivity index (χ1n) is 12.6. The van der Waals surface area contributed by atoms with Crippen molar-refractivity contribution >= 4 is 16.6 Å². The molecule has 0 saturated carbocycles. The van der Waals surface area contributed by atoms with Crippen LogP contribution in [0.4, 0.5) is 23.2 Å². The molecular formula is C28H33F4N3O2. The van der Waals surface area contributed by atoms with E-state index < -0.39 is 24.1 Å². The number of halogens is 4. The van der Waals surface area contributed by atoms with E-state index >= 15 is 0 Å². The van der Waals surface area contributed by atoms with Crippen LogP contribution < -0.4 is 10.1 Å². The van der Waals surface area contributed by atoms with Crippen molar-refractivity contribution in [2.24, 2.45) is 5.41 Å². The van der Waals surface area contributed by atoms with Crippen LogP contribution in [0.15, 0.2) is 36.5 Å². The van der Waals surface area contributed by atoms with Gasteiger partial charge in [0.1, 0.15) is 18.2 Å². The first-order chi connectivity index (χ1) is 17.9. The molecule has 37 heavy (non-hydrogen) atoms. The highest BCUT2D eigenvalue weighted by Crippen LogP contribution is 2.37. The van der Waals surface area contributed by atoms with Crippen LogP contribution in [0.5, 0.6) is 5.75 Å². The van der Waals surface area contributed by atoms with Crippen LogP contribution in [0.2, 0.25) is 0 Å². The van der Waals surface area contributed by atoms with Gasteiger partial charge in [-0.1, -0.05) is 0 Å². The molecule has 1 aromatic heterocycles. The summed E-state index contributed by atoms with van der Waals surface area (Å²) in [6, 6.07) is 7.08. The summed E-state index contributed by atoms with van der Waals surface area (Å²) in [5, 5.41) is 13.9. The van der Waals surface area contributed by atoms with Crippen LogP contribution in [0.1, 0.15) is 36.8 Å². The van der Waals surface area contributed by atoms with Crippen molar-refractivity contribution in [2.45, 2.75) is 38.8 Å². The van der Waals surface area contributed by atoms with Crippen molar-refractivity contribution in [3.8, 4) is 5.75 Å². The fraction of sp³-hybridized carbons (Fsp3) is 0.464. The van der Waals surface area contributed by atoms with E-state index in [9.17, 15) is 22.7 Å². The Morgan fingerprint density at radius 1 is 1.14 bits per heavy atom. The molecule has 200 valence electrons. The van der Waals surface area contributed by atoms with Crippen molar-refractivity contribution in [1.82, 2.24) is 9.88 Å². The molecule has 0 bridgehead atoms. The molecule has 4 rings (SSSR count). The molecule has 3 aromatic rings. The van der Waals surface area contributed by atoms with E-state index in [0.717, 1.165) is 61.3 Å². The summed E-state index contributed by atoms with van der Waals surface area (Å²) >= 11 is 0. The molecule has 1 aliphatic rings. The SMILES string of the molecule is COc1ccc2ncc(CF)c(CCCC3(CO)CCN(CCNc4cc(F)cc(F)c4F)CC3)c2c1. The lowest BCUT2D eigenvalue weighted by Crippen LogP contribution is -2.43. The maximum Gasteiger partial charge on any atom is 0.182 e. The Kier molecular flexibility index (Phi) is 8.87. The number of fused-ring (bicyclic) bond motifs is 1. The van der Waals surface area contributed by atoms with E-state index in [-0.39, 0.29) is 17.7 Å².